The largest absolute Gasteiger partial charge is 0.355 e. The van der Waals surface area contributed by atoms with Gasteiger partial charge >= 0.3 is 0 Å². The summed E-state index contributed by atoms with van der Waals surface area (Å²) in [6.45, 7) is 10.9. The minimum atomic E-state index is -0.556. The van der Waals surface area contributed by atoms with Crippen molar-refractivity contribution in [1.29, 1.82) is 0 Å². The molecule has 11 nitrogen and oxygen atoms in total. The van der Waals surface area contributed by atoms with Gasteiger partial charge in [-0.1, -0.05) is 100 Å². The van der Waals surface area contributed by atoms with Crippen LogP contribution in [0.5, 0.6) is 0 Å². The van der Waals surface area contributed by atoms with Crippen molar-refractivity contribution in [2.45, 2.75) is 58.3 Å². The lowest BCUT2D eigenvalue weighted by molar-refractivity contribution is -0.128. The van der Waals surface area contributed by atoms with E-state index in [0.29, 0.717) is 6.54 Å². The quantitative estimate of drug-likeness (QED) is 0.0819. The van der Waals surface area contributed by atoms with Crippen molar-refractivity contribution >= 4 is 76.4 Å². The van der Waals surface area contributed by atoms with Gasteiger partial charge in [0.05, 0.1) is 25.4 Å². The first-order valence-electron chi connectivity index (χ1n) is 17.7. The number of anilines is 2. The van der Waals surface area contributed by atoms with Crippen LogP contribution in [-0.2, 0) is 34.8 Å². The molecule has 284 valence electrons. The van der Waals surface area contributed by atoms with Gasteiger partial charge < -0.3 is 29.3 Å². The zero-order valence-corrected chi connectivity index (χ0v) is 34.4. The van der Waals surface area contributed by atoms with Crippen LogP contribution < -0.4 is 29.3 Å². The van der Waals surface area contributed by atoms with Crippen LogP contribution in [0.15, 0.2) is 84.6 Å². The number of carbonyl (C=O) groups is 5. The number of carbonyl (C=O) groups excluding carboxylic acids is 5. The molecule has 4 amide bonds. The number of allylic oxidation sites excluding steroid dienone is 6. The number of unbranched alkanes of at least 4 members (excludes halogenated alkanes) is 1. The molecule has 2 aromatic rings. The molecule has 0 saturated carbocycles. The third-order valence-electron chi connectivity index (χ3n) is 9.12. The lowest BCUT2D eigenvalue weighted by Crippen LogP contribution is -2.44. The summed E-state index contributed by atoms with van der Waals surface area (Å²) in [7, 11) is 2.19. The number of hydrogen-bond acceptors (Lipinski definition) is 8. The molecule has 4 N–H and O–H groups in total. The van der Waals surface area contributed by atoms with E-state index in [9.17, 15) is 24.0 Å². The summed E-state index contributed by atoms with van der Waals surface area (Å²) in [4.78, 5) is 61.2. The topological polar surface area (TPSA) is 140 Å². The van der Waals surface area contributed by atoms with Gasteiger partial charge in [0.2, 0.25) is 23.6 Å². The van der Waals surface area contributed by atoms with Crippen molar-refractivity contribution in [1.82, 2.24) is 21.3 Å². The monoisotopic (exact) mass is 854 g/mol. The zero-order valence-electron chi connectivity index (χ0n) is 31.4. The fraction of sp³-hybridized carbons (Fsp3) is 0.400. The second-order valence-corrected chi connectivity index (χ2v) is 18.1. The summed E-state index contributed by atoms with van der Waals surface area (Å²) in [5.74, 6) is -1.94. The van der Waals surface area contributed by atoms with Gasteiger partial charge in [-0.2, -0.15) is 0 Å². The number of fused-ring (bicyclic) bond motifs is 2. The zero-order chi connectivity index (χ0) is 38.6. The van der Waals surface area contributed by atoms with E-state index in [1.54, 1.807) is 0 Å². The molecule has 0 fully saturated rings. The Bertz CT molecular complexity index is 1820. The molecule has 0 bridgehead atoms. The van der Waals surface area contributed by atoms with Gasteiger partial charge in [-0.15, -0.1) is 0 Å². The smallest absolute Gasteiger partial charge is 0.239 e. The molecule has 2 aromatic carbocycles. The van der Waals surface area contributed by atoms with Crippen molar-refractivity contribution in [2.24, 2.45) is 0 Å². The van der Waals surface area contributed by atoms with Crippen LogP contribution in [0.25, 0.3) is 0 Å². The number of amides is 4. The number of para-hydroxylation sites is 2. The van der Waals surface area contributed by atoms with Crippen molar-refractivity contribution in [2.75, 3.05) is 53.5 Å². The van der Waals surface area contributed by atoms with E-state index >= 15 is 0 Å². The maximum absolute atomic E-state index is 12.3. The van der Waals surface area contributed by atoms with E-state index in [4.69, 9.17) is 0 Å². The van der Waals surface area contributed by atoms with Gasteiger partial charge in [-0.3, -0.25) is 24.0 Å². The summed E-state index contributed by atoms with van der Waals surface area (Å²) in [6, 6.07) is 17.2. The molecule has 0 radical (unpaired) electrons. The van der Waals surface area contributed by atoms with Gasteiger partial charge in [-0.25, -0.2) is 0 Å². The minimum absolute atomic E-state index is 0.00130. The Labute approximate surface area is 327 Å². The molecule has 53 heavy (non-hydrogen) atoms. The van der Waals surface area contributed by atoms with Crippen molar-refractivity contribution in [3.8, 4) is 0 Å². The first-order valence-corrected chi connectivity index (χ1v) is 20.7. The number of hydrogen-bond donors (Lipinski definition) is 4. The highest BCUT2D eigenvalue weighted by Crippen LogP contribution is 2.47. The Morgan fingerprint density at radius 2 is 1.28 bits per heavy atom. The summed E-state index contributed by atoms with van der Waals surface area (Å²) in [5, 5.41) is 9.88. The van der Waals surface area contributed by atoms with Crippen molar-refractivity contribution in [3.63, 3.8) is 0 Å². The predicted octanol–water partition coefficient (Wildman–Crippen LogP) is 4.79. The molecule has 0 spiro atoms. The lowest BCUT2D eigenvalue weighted by Gasteiger charge is -2.36. The first-order chi connectivity index (χ1) is 25.2. The van der Waals surface area contributed by atoms with Gasteiger partial charge in [0.25, 0.3) is 0 Å². The second kappa shape index (κ2) is 19.2. The number of halogens is 1. The maximum atomic E-state index is 12.3. The molecule has 2 aliphatic rings. The van der Waals surface area contributed by atoms with Crippen molar-refractivity contribution in [3.05, 3.63) is 95.7 Å². The Morgan fingerprint density at radius 1 is 0.717 bits per heavy atom. The van der Waals surface area contributed by atoms with E-state index in [1.165, 1.54) is 38.6 Å². The molecule has 2 heterocycles. The van der Waals surface area contributed by atoms with E-state index in [2.05, 4.69) is 143 Å². The molecule has 0 aliphatic carbocycles. The van der Waals surface area contributed by atoms with E-state index < -0.39 is 17.7 Å². The third kappa shape index (κ3) is 11.4. The molecule has 0 saturated heterocycles. The normalized spacial score (nSPS) is 16.4. The van der Waals surface area contributed by atoms with Crippen LogP contribution in [0.4, 0.5) is 11.4 Å². The van der Waals surface area contributed by atoms with Gasteiger partial charge in [0.1, 0.15) is 0 Å². The van der Waals surface area contributed by atoms with Crippen LogP contribution in [0, 0.1) is 0 Å². The second-order valence-electron chi connectivity index (χ2n) is 13.8. The maximum Gasteiger partial charge on any atom is 0.239 e. The van der Waals surface area contributed by atoms with E-state index in [-0.39, 0.29) is 68.2 Å². The van der Waals surface area contributed by atoms with Crippen molar-refractivity contribution < 1.29 is 24.0 Å². The highest BCUT2D eigenvalue weighted by atomic mass is 127. The van der Waals surface area contributed by atoms with E-state index in [1.807, 2.05) is 0 Å². The van der Waals surface area contributed by atoms with Crippen LogP contribution in [0.3, 0.4) is 0 Å². The summed E-state index contributed by atoms with van der Waals surface area (Å²) in [5.41, 5.74) is 6.25. The van der Waals surface area contributed by atoms with Gasteiger partial charge in [0.15, 0.2) is 5.12 Å². The van der Waals surface area contributed by atoms with E-state index in [0.717, 1.165) is 31.1 Å². The minimum Gasteiger partial charge on any atom is -0.355 e. The summed E-state index contributed by atoms with van der Waals surface area (Å²) >= 11 is 0.562. The molecule has 13 heteroatoms. The van der Waals surface area contributed by atoms with Gasteiger partial charge in [0, 0.05) is 79.5 Å². The Morgan fingerprint density at radius 3 is 1.92 bits per heavy atom. The third-order valence-corrected chi connectivity index (χ3v) is 13.4. The lowest BCUT2D eigenvalue weighted by atomic mass is 9.80. The average Bonchev–Trinajstić information content (AvgIpc) is 3.34. The van der Waals surface area contributed by atoms with Gasteiger partial charge in [-0.05, 0) is 42.2 Å². The average molecular weight is 855 g/mol. The number of thioether (sulfide) groups is 1. The molecular formula is C40H51IN6O5S. The highest BCUT2D eigenvalue weighted by molar-refractivity contribution is 14.2. The molecule has 0 aromatic heterocycles. The highest BCUT2D eigenvalue weighted by Gasteiger charge is 2.39. The first kappa shape index (κ1) is 41.5. The van der Waals surface area contributed by atoms with Crippen LogP contribution in [0.1, 0.15) is 58.6 Å². The molecule has 0 unspecified atom stereocenters. The van der Waals surface area contributed by atoms with Crippen LogP contribution in [-0.4, -0.2) is 77.8 Å². The number of nitrogens with zero attached hydrogens (tertiary/aromatic N) is 2. The SMILES string of the molecule is CC(=O)SCC(=O)NCC(=O)NCC(=O)NCC(=O)NCCCCN1/C(=C/C=C/C=C/C2=IN(C)c3ccccc3C2(C)C)C(C)(C)c2ccccc21. The number of benzene rings is 2. The predicted molar refractivity (Wildman–Crippen MR) is 224 cm³/mol. The standard InChI is InChI=1S/C40H51IN6O5S/c1-28(48)53-27-38(52)45-26-37(51)44-25-36(50)43-24-35(49)42-22-14-15-23-47-32-19-13-11-17-30(32)40(4,5)34(47)21-9-7-8-20-33-39(2,3)29-16-10-12-18-31(29)46(6)41-33/h7-13,16-21H,14-15,22-27H2,1-6H3,(H,42,49)(H,43,50)(H,44,51)(H,45,52)/b9-7+,20-8+,34-21+. The van der Waals surface area contributed by atoms with Crippen LogP contribution >= 0.6 is 32.8 Å². The molecule has 4 rings (SSSR count). The Kier molecular flexibility index (Phi) is 15.0. The fourth-order valence-electron chi connectivity index (χ4n) is 6.22. The fourth-order valence-corrected chi connectivity index (χ4v) is 9.38. The number of rotatable bonds is 16. The summed E-state index contributed by atoms with van der Waals surface area (Å²) < 4.78 is 3.90. The number of nitrogens with one attached hydrogen (secondary N) is 4. The Balaban J connectivity index is 1.23. The Hall–Kier alpha value is -4.24. The molecule has 0 atom stereocenters. The molecule has 2 aliphatic heterocycles. The molecular weight excluding hydrogens is 803 g/mol. The van der Waals surface area contributed by atoms with Crippen LogP contribution in [0.2, 0.25) is 0 Å². The summed E-state index contributed by atoms with van der Waals surface area (Å²) in [6.07, 6.45) is 12.5.